The highest BCUT2D eigenvalue weighted by Crippen LogP contribution is 2.41. The zero-order valence-corrected chi connectivity index (χ0v) is 22.8. The Labute approximate surface area is 237 Å². The first-order valence-electron chi connectivity index (χ1n) is 13.3. The van der Waals surface area contributed by atoms with Gasteiger partial charge in [-0.1, -0.05) is 66.7 Å². The molecule has 0 bridgehead atoms. The predicted octanol–water partition coefficient (Wildman–Crippen LogP) is 6.14. The number of hydrogen-bond acceptors (Lipinski definition) is 4. The number of nitrogens with zero attached hydrogens (tertiary/aromatic N) is 1. The molecule has 3 N–H and O–H groups in total. The van der Waals surface area contributed by atoms with Crippen LogP contribution in [0.5, 0.6) is 0 Å². The lowest BCUT2D eigenvalue weighted by Gasteiger charge is -2.41. The second kappa shape index (κ2) is 12.6. The molecule has 0 fully saturated rings. The number of hydrogen-bond donors (Lipinski definition) is 3. The molecule has 0 saturated carbocycles. The minimum absolute atomic E-state index is 0.0661. The van der Waals surface area contributed by atoms with Gasteiger partial charge in [0, 0.05) is 10.6 Å². The standard InChI is InChI=1S/C32H31N3O4S/c36-29(20-33-32(39)34-26-12-6-11-25(19-26)31(37)38)35(21-27-13-7-17-40-27)30-24(18-22-8-2-1-3-9-22)16-15-23-10-4-5-14-28(23)30/h1-14,17,19,24,30H,15-16,18,20-21H2,(H,37,38)(H2,33,34,39). The van der Waals surface area contributed by atoms with Crippen LogP contribution in [-0.4, -0.2) is 34.5 Å². The molecule has 0 saturated heterocycles. The van der Waals surface area contributed by atoms with Gasteiger partial charge in [0.15, 0.2) is 0 Å². The highest BCUT2D eigenvalue weighted by molar-refractivity contribution is 7.09. The quantitative estimate of drug-likeness (QED) is 0.232. The molecule has 8 heteroatoms. The summed E-state index contributed by atoms with van der Waals surface area (Å²) >= 11 is 1.61. The molecule has 7 nitrogen and oxygen atoms in total. The zero-order chi connectivity index (χ0) is 27.9. The second-order valence-corrected chi connectivity index (χ2v) is 11.0. The van der Waals surface area contributed by atoms with Crippen molar-refractivity contribution >= 4 is 34.9 Å². The lowest BCUT2D eigenvalue weighted by atomic mass is 9.76. The van der Waals surface area contributed by atoms with E-state index in [2.05, 4.69) is 34.9 Å². The van der Waals surface area contributed by atoms with E-state index in [1.165, 1.54) is 23.3 Å². The van der Waals surface area contributed by atoms with Crippen LogP contribution in [0.15, 0.2) is 96.4 Å². The van der Waals surface area contributed by atoms with Crippen LogP contribution in [-0.2, 0) is 24.2 Å². The van der Waals surface area contributed by atoms with Crippen molar-refractivity contribution in [3.05, 3.63) is 124 Å². The molecule has 1 aliphatic carbocycles. The van der Waals surface area contributed by atoms with E-state index in [1.807, 2.05) is 52.7 Å². The molecule has 40 heavy (non-hydrogen) atoms. The topological polar surface area (TPSA) is 98.7 Å². The first-order chi connectivity index (χ1) is 19.5. The number of carbonyl (C=O) groups is 3. The molecule has 0 radical (unpaired) electrons. The van der Waals surface area contributed by atoms with E-state index in [4.69, 9.17) is 0 Å². The summed E-state index contributed by atoms with van der Waals surface area (Å²) in [6.45, 7) is 0.261. The van der Waals surface area contributed by atoms with Gasteiger partial charge in [0.05, 0.1) is 24.7 Å². The summed E-state index contributed by atoms with van der Waals surface area (Å²) in [5, 5.41) is 16.5. The lowest BCUT2D eigenvalue weighted by Crippen LogP contribution is -2.46. The number of thiophene rings is 1. The number of fused-ring (bicyclic) bond motifs is 1. The van der Waals surface area contributed by atoms with Crippen LogP contribution in [0.3, 0.4) is 0 Å². The molecule has 3 aromatic carbocycles. The molecular weight excluding hydrogens is 522 g/mol. The zero-order valence-electron chi connectivity index (χ0n) is 22.0. The number of amides is 3. The number of aromatic carboxylic acids is 1. The Kier molecular flexibility index (Phi) is 8.56. The van der Waals surface area contributed by atoms with Crippen molar-refractivity contribution in [3.63, 3.8) is 0 Å². The summed E-state index contributed by atoms with van der Waals surface area (Å²) in [5.41, 5.74) is 4.06. The summed E-state index contributed by atoms with van der Waals surface area (Å²) in [7, 11) is 0. The predicted molar refractivity (Wildman–Crippen MR) is 156 cm³/mol. The van der Waals surface area contributed by atoms with Crippen LogP contribution in [0.2, 0.25) is 0 Å². The van der Waals surface area contributed by atoms with Crippen LogP contribution in [0, 0.1) is 5.92 Å². The molecule has 3 amide bonds. The fourth-order valence-electron chi connectivity index (χ4n) is 5.43. The molecule has 5 rings (SSSR count). The molecule has 4 aromatic rings. The average Bonchev–Trinajstić information content (AvgIpc) is 3.49. The van der Waals surface area contributed by atoms with Gasteiger partial charge in [-0.05, 0) is 71.5 Å². The third-order valence-corrected chi connectivity index (χ3v) is 8.14. The van der Waals surface area contributed by atoms with Crippen molar-refractivity contribution in [1.29, 1.82) is 0 Å². The van der Waals surface area contributed by atoms with Gasteiger partial charge >= 0.3 is 12.0 Å². The van der Waals surface area contributed by atoms with Crippen LogP contribution in [0.1, 0.15) is 44.4 Å². The monoisotopic (exact) mass is 553 g/mol. The Balaban J connectivity index is 1.38. The largest absolute Gasteiger partial charge is 0.478 e. The fourth-order valence-corrected chi connectivity index (χ4v) is 6.13. The second-order valence-electron chi connectivity index (χ2n) is 9.93. The maximum Gasteiger partial charge on any atom is 0.335 e. The van der Waals surface area contributed by atoms with E-state index >= 15 is 0 Å². The summed E-state index contributed by atoms with van der Waals surface area (Å²) in [6.07, 6.45) is 2.77. The molecule has 0 spiro atoms. The fraction of sp³-hybridized carbons (Fsp3) is 0.219. The highest BCUT2D eigenvalue weighted by Gasteiger charge is 2.36. The Bertz CT molecular complexity index is 1470. The molecule has 1 heterocycles. The number of urea groups is 1. The summed E-state index contributed by atoms with van der Waals surface area (Å²) < 4.78 is 0. The van der Waals surface area contributed by atoms with Crippen molar-refractivity contribution in [2.24, 2.45) is 5.92 Å². The van der Waals surface area contributed by atoms with Crippen LogP contribution >= 0.6 is 11.3 Å². The number of carbonyl (C=O) groups excluding carboxylic acids is 2. The highest BCUT2D eigenvalue weighted by atomic mass is 32.1. The summed E-state index contributed by atoms with van der Waals surface area (Å²) in [5.74, 6) is -1.04. The van der Waals surface area contributed by atoms with Crippen molar-refractivity contribution in [1.82, 2.24) is 10.2 Å². The van der Waals surface area contributed by atoms with Gasteiger partial charge in [0.2, 0.25) is 5.91 Å². The number of rotatable bonds is 9. The van der Waals surface area contributed by atoms with E-state index in [0.717, 1.165) is 29.7 Å². The van der Waals surface area contributed by atoms with Gasteiger partial charge < -0.3 is 20.6 Å². The molecule has 1 aliphatic rings. The van der Waals surface area contributed by atoms with Gasteiger partial charge in [0.1, 0.15) is 0 Å². The minimum Gasteiger partial charge on any atom is -0.478 e. The van der Waals surface area contributed by atoms with Crippen molar-refractivity contribution in [2.45, 2.75) is 31.8 Å². The number of anilines is 1. The number of nitrogens with one attached hydrogen (secondary N) is 2. The summed E-state index contributed by atoms with van der Waals surface area (Å²) in [4.78, 5) is 40.8. The van der Waals surface area contributed by atoms with Gasteiger partial charge in [-0.2, -0.15) is 0 Å². The number of aryl methyl sites for hydroxylation is 1. The average molecular weight is 554 g/mol. The molecular formula is C32H31N3O4S. The first-order valence-corrected chi connectivity index (χ1v) is 14.2. The van der Waals surface area contributed by atoms with Crippen molar-refractivity contribution in [2.75, 3.05) is 11.9 Å². The van der Waals surface area contributed by atoms with E-state index in [-0.39, 0.29) is 30.0 Å². The Morgan fingerprint density at radius 1 is 0.925 bits per heavy atom. The SMILES string of the molecule is O=C(NCC(=O)N(Cc1cccs1)C1c2ccccc2CCC1Cc1ccccc1)Nc1cccc(C(=O)O)c1. The van der Waals surface area contributed by atoms with E-state index in [9.17, 15) is 19.5 Å². The molecule has 2 unspecified atom stereocenters. The third kappa shape index (κ3) is 6.58. The van der Waals surface area contributed by atoms with Crippen LogP contribution in [0.4, 0.5) is 10.5 Å². The lowest BCUT2D eigenvalue weighted by molar-refractivity contribution is -0.134. The minimum atomic E-state index is -1.08. The molecule has 1 aromatic heterocycles. The van der Waals surface area contributed by atoms with Gasteiger partial charge in [-0.15, -0.1) is 11.3 Å². The number of carboxylic acid groups (broad SMARTS) is 1. The van der Waals surface area contributed by atoms with Crippen LogP contribution < -0.4 is 10.6 Å². The molecule has 204 valence electrons. The third-order valence-electron chi connectivity index (χ3n) is 7.28. The molecule has 0 aliphatic heterocycles. The number of carboxylic acids is 1. The van der Waals surface area contributed by atoms with Crippen molar-refractivity contribution in [3.8, 4) is 0 Å². The Morgan fingerprint density at radius 2 is 1.73 bits per heavy atom. The Hall–Kier alpha value is -4.43. The van der Waals surface area contributed by atoms with Crippen molar-refractivity contribution < 1.29 is 19.5 Å². The summed E-state index contributed by atoms with van der Waals surface area (Å²) in [6, 6.07) is 28.0. The first kappa shape index (κ1) is 27.1. The normalized spacial score (nSPS) is 16.0. The Morgan fingerprint density at radius 3 is 2.50 bits per heavy atom. The van der Waals surface area contributed by atoms with Crippen LogP contribution in [0.25, 0.3) is 0 Å². The van der Waals surface area contributed by atoms with Gasteiger partial charge in [0.25, 0.3) is 0 Å². The van der Waals surface area contributed by atoms with E-state index < -0.39 is 12.0 Å². The van der Waals surface area contributed by atoms with Gasteiger partial charge in [-0.3, -0.25) is 4.79 Å². The number of benzene rings is 3. The smallest absolute Gasteiger partial charge is 0.335 e. The maximum atomic E-state index is 13.9. The molecule has 2 atom stereocenters. The maximum absolute atomic E-state index is 13.9. The van der Waals surface area contributed by atoms with Gasteiger partial charge in [-0.25, -0.2) is 9.59 Å². The van der Waals surface area contributed by atoms with E-state index in [0.29, 0.717) is 12.2 Å². The van der Waals surface area contributed by atoms with E-state index in [1.54, 1.807) is 23.5 Å².